The van der Waals surface area contributed by atoms with Gasteiger partial charge in [-0.25, -0.2) is 22.0 Å². The largest absolute Gasteiger partial charge is 0.465 e. The fourth-order valence-electron chi connectivity index (χ4n) is 1.43. The Hall–Kier alpha value is -1.66. The first-order valence-corrected chi connectivity index (χ1v) is 6.65. The molecule has 0 saturated heterocycles. The topological polar surface area (TPSA) is 26.3 Å². The van der Waals surface area contributed by atoms with Crippen LogP contribution in [0, 0.1) is 40.4 Å². The van der Waals surface area contributed by atoms with Gasteiger partial charge in [-0.05, 0) is 5.92 Å². The van der Waals surface area contributed by atoms with Crippen LogP contribution in [0.1, 0.15) is 33.3 Å². The molecule has 0 unspecified atom stereocenters. The van der Waals surface area contributed by atoms with Crippen molar-refractivity contribution in [3.63, 3.8) is 0 Å². The van der Waals surface area contributed by atoms with E-state index in [1.54, 1.807) is 0 Å². The van der Waals surface area contributed by atoms with Crippen molar-refractivity contribution in [1.82, 2.24) is 0 Å². The maximum absolute atomic E-state index is 13.4. The zero-order valence-corrected chi connectivity index (χ0v) is 12.7. The van der Waals surface area contributed by atoms with E-state index in [4.69, 9.17) is 4.74 Å². The van der Waals surface area contributed by atoms with Crippen LogP contribution in [-0.2, 0) is 16.0 Å². The average Bonchev–Trinajstić information content (AvgIpc) is 2.45. The van der Waals surface area contributed by atoms with Gasteiger partial charge in [-0.2, -0.15) is 0 Å². The number of hydrogen-bond acceptors (Lipinski definition) is 2. The molecule has 0 aliphatic rings. The first kappa shape index (κ1) is 18.4. The first-order chi connectivity index (χ1) is 9.99. The molecule has 124 valence electrons. The van der Waals surface area contributed by atoms with E-state index >= 15 is 0 Å². The van der Waals surface area contributed by atoms with E-state index in [0.717, 1.165) is 0 Å². The van der Waals surface area contributed by atoms with Gasteiger partial charge in [-0.3, -0.25) is 4.79 Å². The Balaban J connectivity index is 2.91. The van der Waals surface area contributed by atoms with Crippen LogP contribution in [0.5, 0.6) is 0 Å². The van der Waals surface area contributed by atoms with Crippen LogP contribution in [0.2, 0.25) is 0 Å². The smallest absolute Gasteiger partial charge is 0.310 e. The third-order valence-corrected chi connectivity index (χ3v) is 3.79. The van der Waals surface area contributed by atoms with Gasteiger partial charge in [0.05, 0.1) is 13.0 Å². The summed E-state index contributed by atoms with van der Waals surface area (Å²) in [5, 5.41) is 0. The lowest BCUT2D eigenvalue weighted by Gasteiger charge is -2.28. The van der Waals surface area contributed by atoms with Crippen molar-refractivity contribution in [3.05, 3.63) is 34.6 Å². The lowest BCUT2D eigenvalue weighted by molar-refractivity contribution is -0.146. The third kappa shape index (κ3) is 3.75. The van der Waals surface area contributed by atoms with E-state index in [0.29, 0.717) is 0 Å². The fourth-order valence-corrected chi connectivity index (χ4v) is 1.43. The normalized spacial score (nSPS) is 11.9. The summed E-state index contributed by atoms with van der Waals surface area (Å²) >= 11 is 0. The summed E-state index contributed by atoms with van der Waals surface area (Å²) in [6, 6.07) is 0. The van der Waals surface area contributed by atoms with Gasteiger partial charge in [0.15, 0.2) is 23.3 Å². The quantitative estimate of drug-likeness (QED) is 0.352. The molecule has 0 amide bonds. The van der Waals surface area contributed by atoms with Crippen LogP contribution in [0.15, 0.2) is 0 Å². The molecule has 0 bridgehead atoms. The Morgan fingerprint density at radius 3 is 1.77 bits per heavy atom. The van der Waals surface area contributed by atoms with Gasteiger partial charge in [0.1, 0.15) is 0 Å². The molecule has 2 nitrogen and oxygen atoms in total. The molecule has 7 heteroatoms. The molecule has 0 aliphatic heterocycles. The Bertz CT molecular complexity index is 553. The number of benzene rings is 1. The highest BCUT2D eigenvalue weighted by Gasteiger charge is 2.28. The zero-order chi connectivity index (χ0) is 17.2. The molecule has 0 aliphatic carbocycles. The molecule has 0 atom stereocenters. The predicted octanol–water partition coefficient (Wildman–Crippen LogP) is 4.15. The van der Waals surface area contributed by atoms with Crippen LogP contribution in [0.25, 0.3) is 0 Å². The van der Waals surface area contributed by atoms with Crippen LogP contribution in [0.3, 0.4) is 0 Å². The van der Waals surface area contributed by atoms with Crippen molar-refractivity contribution in [2.45, 2.75) is 34.1 Å². The van der Waals surface area contributed by atoms with E-state index in [9.17, 15) is 26.7 Å². The van der Waals surface area contributed by atoms with Crippen LogP contribution < -0.4 is 0 Å². The summed E-state index contributed by atoms with van der Waals surface area (Å²) in [5.74, 6) is -11.3. The van der Waals surface area contributed by atoms with Gasteiger partial charge in [-0.15, -0.1) is 0 Å². The maximum atomic E-state index is 13.4. The number of hydrogen-bond donors (Lipinski definition) is 0. The SMILES string of the molecule is CC(C)C(C)(C)COC(=O)Cc1c(F)c(F)c(F)c(F)c1F. The van der Waals surface area contributed by atoms with Crippen molar-refractivity contribution < 1.29 is 31.5 Å². The van der Waals surface area contributed by atoms with Gasteiger partial charge in [0, 0.05) is 11.0 Å². The second-order valence-corrected chi connectivity index (χ2v) is 6.03. The molecule has 0 heterocycles. The molecule has 1 rings (SSSR count). The number of rotatable bonds is 5. The minimum Gasteiger partial charge on any atom is -0.465 e. The second-order valence-electron chi connectivity index (χ2n) is 6.03. The lowest BCUT2D eigenvalue weighted by Crippen LogP contribution is -2.28. The highest BCUT2D eigenvalue weighted by atomic mass is 19.2. The fraction of sp³-hybridized carbons (Fsp3) is 0.533. The zero-order valence-electron chi connectivity index (χ0n) is 12.7. The summed E-state index contributed by atoms with van der Waals surface area (Å²) in [7, 11) is 0. The van der Waals surface area contributed by atoms with Crippen LogP contribution in [0.4, 0.5) is 22.0 Å². The Kier molecular flexibility index (Phi) is 5.54. The van der Waals surface area contributed by atoms with Gasteiger partial charge in [0.25, 0.3) is 0 Å². The summed E-state index contributed by atoms with van der Waals surface area (Å²) in [6.45, 7) is 7.42. The molecule has 0 fully saturated rings. The Morgan fingerprint density at radius 1 is 0.955 bits per heavy atom. The molecule has 1 aromatic carbocycles. The van der Waals surface area contributed by atoms with E-state index in [1.165, 1.54) is 0 Å². The number of ether oxygens (including phenoxy) is 1. The average molecular weight is 324 g/mol. The van der Waals surface area contributed by atoms with E-state index in [1.807, 2.05) is 27.7 Å². The number of carbonyl (C=O) groups excluding carboxylic acids is 1. The number of carbonyl (C=O) groups is 1. The van der Waals surface area contributed by atoms with Crippen molar-refractivity contribution in [3.8, 4) is 0 Å². The molecule has 0 radical (unpaired) electrons. The highest BCUT2D eigenvalue weighted by Crippen LogP contribution is 2.27. The third-order valence-electron chi connectivity index (χ3n) is 3.79. The molecule has 22 heavy (non-hydrogen) atoms. The van der Waals surface area contributed by atoms with Crippen molar-refractivity contribution >= 4 is 5.97 Å². The molecule has 0 spiro atoms. The maximum Gasteiger partial charge on any atom is 0.310 e. The number of halogens is 5. The van der Waals surface area contributed by atoms with Crippen LogP contribution >= 0.6 is 0 Å². The molecular weight excluding hydrogens is 307 g/mol. The van der Waals surface area contributed by atoms with Gasteiger partial charge >= 0.3 is 5.97 Å². The minimum atomic E-state index is -2.26. The lowest BCUT2D eigenvalue weighted by atomic mass is 9.82. The summed E-state index contributed by atoms with van der Waals surface area (Å²) in [4.78, 5) is 11.6. The second kappa shape index (κ2) is 6.62. The molecule has 0 aromatic heterocycles. The van der Waals surface area contributed by atoms with Gasteiger partial charge in [-0.1, -0.05) is 27.7 Å². The monoisotopic (exact) mass is 324 g/mol. The predicted molar refractivity (Wildman–Crippen MR) is 69.5 cm³/mol. The minimum absolute atomic E-state index is 0.0289. The Morgan fingerprint density at radius 2 is 1.36 bits per heavy atom. The van der Waals surface area contributed by atoms with E-state index < -0.39 is 47.0 Å². The van der Waals surface area contributed by atoms with E-state index in [2.05, 4.69) is 0 Å². The van der Waals surface area contributed by atoms with E-state index in [-0.39, 0.29) is 17.9 Å². The summed E-state index contributed by atoms with van der Waals surface area (Å²) < 4.78 is 70.7. The van der Waals surface area contributed by atoms with Crippen molar-refractivity contribution in [2.75, 3.05) is 6.61 Å². The molecule has 1 aromatic rings. The Labute approximate surface area is 125 Å². The molecular formula is C15H17F5O2. The number of esters is 1. The highest BCUT2D eigenvalue weighted by molar-refractivity contribution is 5.72. The van der Waals surface area contributed by atoms with Gasteiger partial charge < -0.3 is 4.74 Å². The van der Waals surface area contributed by atoms with Crippen molar-refractivity contribution in [1.29, 1.82) is 0 Å². The summed E-state index contributed by atoms with van der Waals surface area (Å²) in [5.41, 5.74) is -1.57. The molecule has 0 N–H and O–H groups in total. The van der Waals surface area contributed by atoms with Gasteiger partial charge in [0.2, 0.25) is 5.82 Å². The van der Waals surface area contributed by atoms with Crippen LogP contribution in [-0.4, -0.2) is 12.6 Å². The molecule has 0 saturated carbocycles. The summed E-state index contributed by atoms with van der Waals surface area (Å²) in [6.07, 6.45) is -1.03. The standard InChI is InChI=1S/C15H17F5O2/c1-7(2)15(3,4)6-22-9(21)5-8-10(16)12(18)14(20)13(19)11(8)17/h7H,5-6H2,1-4H3. The van der Waals surface area contributed by atoms with Crippen molar-refractivity contribution in [2.24, 2.45) is 11.3 Å². The first-order valence-electron chi connectivity index (χ1n) is 6.65.